The second-order valence-corrected chi connectivity index (χ2v) is 9.90. The van der Waals surface area contributed by atoms with Crippen LogP contribution in [0.25, 0.3) is 0 Å². The molecule has 3 rings (SSSR count). The highest BCUT2D eigenvalue weighted by molar-refractivity contribution is 7.89. The van der Waals surface area contributed by atoms with Gasteiger partial charge in [-0.3, -0.25) is 4.79 Å². The number of piperidine rings is 1. The third kappa shape index (κ3) is 5.21. The van der Waals surface area contributed by atoms with E-state index in [2.05, 4.69) is 19.2 Å². The molecular formula is C23H30N2O4S. The molecule has 0 bridgehead atoms. The molecule has 1 saturated heterocycles. The number of benzene rings is 2. The first-order chi connectivity index (χ1) is 14.3. The summed E-state index contributed by atoms with van der Waals surface area (Å²) in [6, 6.07) is 12.2. The van der Waals surface area contributed by atoms with Gasteiger partial charge in [-0.1, -0.05) is 38.5 Å². The lowest BCUT2D eigenvalue weighted by Gasteiger charge is -2.25. The Hall–Kier alpha value is -2.38. The van der Waals surface area contributed by atoms with Crippen molar-refractivity contribution in [3.63, 3.8) is 0 Å². The lowest BCUT2D eigenvalue weighted by atomic mass is 9.98. The van der Waals surface area contributed by atoms with Gasteiger partial charge in [-0.2, -0.15) is 4.31 Å². The number of carbonyl (C=O) groups is 1. The molecule has 1 amide bonds. The monoisotopic (exact) mass is 430 g/mol. The average molecular weight is 431 g/mol. The number of hydrogen-bond acceptors (Lipinski definition) is 4. The molecule has 0 aliphatic carbocycles. The third-order valence-corrected chi connectivity index (χ3v) is 7.25. The van der Waals surface area contributed by atoms with Crippen molar-refractivity contribution in [2.75, 3.05) is 25.0 Å². The van der Waals surface area contributed by atoms with Crippen LogP contribution in [0.1, 0.15) is 50.2 Å². The van der Waals surface area contributed by atoms with Gasteiger partial charge in [-0.15, -0.1) is 0 Å². The molecule has 0 aromatic heterocycles. The smallest absolute Gasteiger partial charge is 0.262 e. The van der Waals surface area contributed by atoms with Gasteiger partial charge < -0.3 is 10.1 Å². The van der Waals surface area contributed by atoms with Gasteiger partial charge in [-0.25, -0.2) is 8.42 Å². The molecule has 30 heavy (non-hydrogen) atoms. The van der Waals surface area contributed by atoms with Crippen molar-refractivity contribution in [2.45, 2.75) is 50.8 Å². The van der Waals surface area contributed by atoms with E-state index in [9.17, 15) is 13.2 Å². The minimum Gasteiger partial charge on any atom is -0.484 e. The topological polar surface area (TPSA) is 75.7 Å². The number of hydrogen-bond donors (Lipinski definition) is 1. The Morgan fingerprint density at radius 2 is 1.73 bits per heavy atom. The second kappa shape index (κ2) is 9.62. The molecule has 1 N–H and O–H groups in total. The Morgan fingerprint density at radius 3 is 2.37 bits per heavy atom. The van der Waals surface area contributed by atoms with Crippen LogP contribution in [0.3, 0.4) is 0 Å². The van der Waals surface area contributed by atoms with Crippen molar-refractivity contribution in [2.24, 2.45) is 0 Å². The molecule has 0 spiro atoms. The molecule has 162 valence electrons. The number of para-hydroxylation sites is 1. The number of aryl methyl sites for hydroxylation is 1. The first-order valence-corrected chi connectivity index (χ1v) is 11.9. The van der Waals surface area contributed by atoms with Crippen LogP contribution < -0.4 is 10.1 Å². The summed E-state index contributed by atoms with van der Waals surface area (Å²) in [4.78, 5) is 12.7. The average Bonchev–Trinajstić information content (AvgIpc) is 2.74. The predicted molar refractivity (Wildman–Crippen MR) is 118 cm³/mol. The van der Waals surface area contributed by atoms with Gasteiger partial charge in [0.05, 0.1) is 4.90 Å². The number of ether oxygens (including phenoxy) is 1. The van der Waals surface area contributed by atoms with E-state index in [1.807, 2.05) is 25.1 Å². The Balaban J connectivity index is 1.61. The molecule has 1 fully saturated rings. The predicted octanol–water partition coefficient (Wildman–Crippen LogP) is 4.31. The fraction of sp³-hybridized carbons (Fsp3) is 0.435. The van der Waals surface area contributed by atoms with E-state index < -0.39 is 10.0 Å². The van der Waals surface area contributed by atoms with E-state index in [0.29, 0.717) is 18.8 Å². The Kier molecular flexibility index (Phi) is 7.15. The fourth-order valence-corrected chi connectivity index (χ4v) is 5.15. The maximum Gasteiger partial charge on any atom is 0.262 e. The minimum atomic E-state index is -3.47. The molecule has 1 aliphatic rings. The second-order valence-electron chi connectivity index (χ2n) is 7.97. The highest BCUT2D eigenvalue weighted by atomic mass is 32.2. The van der Waals surface area contributed by atoms with Crippen molar-refractivity contribution in [3.8, 4) is 5.75 Å². The molecule has 0 atom stereocenters. The van der Waals surface area contributed by atoms with Gasteiger partial charge in [0, 0.05) is 18.8 Å². The van der Waals surface area contributed by atoms with E-state index in [1.165, 1.54) is 16.4 Å². The molecule has 0 saturated carbocycles. The first-order valence-electron chi connectivity index (χ1n) is 10.4. The van der Waals surface area contributed by atoms with E-state index in [0.717, 1.165) is 36.1 Å². The number of nitrogens with zero attached hydrogens (tertiary/aromatic N) is 1. The summed E-state index contributed by atoms with van der Waals surface area (Å²) in [7, 11) is -3.47. The fourth-order valence-electron chi connectivity index (χ4n) is 3.63. The maximum absolute atomic E-state index is 12.7. The van der Waals surface area contributed by atoms with Gasteiger partial charge in [-0.05, 0) is 61.1 Å². The molecule has 1 aliphatic heterocycles. The lowest BCUT2D eigenvalue weighted by Crippen LogP contribution is -2.35. The lowest BCUT2D eigenvalue weighted by molar-refractivity contribution is -0.118. The van der Waals surface area contributed by atoms with Crippen LogP contribution in [0.15, 0.2) is 47.4 Å². The molecule has 2 aromatic carbocycles. The SMILES string of the molecule is Cc1cccc(C(C)C)c1NC(=O)COc1ccc(S(=O)(=O)N2CCCCC2)cc1. The van der Waals surface area contributed by atoms with Gasteiger partial charge >= 0.3 is 0 Å². The van der Waals surface area contributed by atoms with E-state index >= 15 is 0 Å². The number of carbonyl (C=O) groups excluding carboxylic acids is 1. The van der Waals surface area contributed by atoms with Crippen LogP contribution in [-0.4, -0.2) is 38.3 Å². The quantitative estimate of drug-likeness (QED) is 0.710. The first kappa shape index (κ1) is 22.3. The number of rotatable bonds is 7. The van der Waals surface area contributed by atoms with Crippen LogP contribution in [0.5, 0.6) is 5.75 Å². The summed E-state index contributed by atoms with van der Waals surface area (Å²) < 4.78 is 32.5. The van der Waals surface area contributed by atoms with Crippen molar-refractivity contribution in [1.82, 2.24) is 4.31 Å². The summed E-state index contributed by atoms with van der Waals surface area (Å²) in [5.41, 5.74) is 2.90. The summed E-state index contributed by atoms with van der Waals surface area (Å²) in [6.45, 7) is 7.12. The van der Waals surface area contributed by atoms with Crippen LogP contribution >= 0.6 is 0 Å². The minimum absolute atomic E-state index is 0.149. The zero-order chi connectivity index (χ0) is 21.7. The number of anilines is 1. The standard InChI is InChI=1S/C23H30N2O4S/c1-17(2)21-9-7-8-18(3)23(21)24-22(26)16-29-19-10-12-20(13-11-19)30(27,28)25-14-5-4-6-15-25/h7-13,17H,4-6,14-16H2,1-3H3,(H,24,26). The number of sulfonamides is 1. The van der Waals surface area contributed by atoms with Gasteiger partial charge in [0.1, 0.15) is 5.75 Å². The van der Waals surface area contributed by atoms with E-state index in [1.54, 1.807) is 12.1 Å². The van der Waals surface area contributed by atoms with Crippen LogP contribution in [0.2, 0.25) is 0 Å². The highest BCUT2D eigenvalue weighted by Gasteiger charge is 2.25. The molecule has 7 heteroatoms. The van der Waals surface area contributed by atoms with Crippen molar-refractivity contribution in [1.29, 1.82) is 0 Å². The van der Waals surface area contributed by atoms with Crippen LogP contribution in [-0.2, 0) is 14.8 Å². The molecular weight excluding hydrogens is 400 g/mol. The van der Waals surface area contributed by atoms with Crippen molar-refractivity contribution >= 4 is 21.6 Å². The summed E-state index contributed by atoms with van der Waals surface area (Å²) >= 11 is 0. The number of nitrogens with one attached hydrogen (secondary N) is 1. The maximum atomic E-state index is 12.7. The Bertz CT molecular complexity index is 979. The normalized spacial score (nSPS) is 15.2. The zero-order valence-corrected chi connectivity index (χ0v) is 18.7. The molecule has 0 radical (unpaired) electrons. The van der Waals surface area contributed by atoms with Crippen LogP contribution in [0, 0.1) is 6.92 Å². The van der Waals surface area contributed by atoms with E-state index in [4.69, 9.17) is 4.74 Å². The Morgan fingerprint density at radius 1 is 1.07 bits per heavy atom. The molecule has 6 nitrogen and oxygen atoms in total. The Labute approximate surface area is 179 Å². The molecule has 1 heterocycles. The summed E-state index contributed by atoms with van der Waals surface area (Å²) in [5.74, 6) is 0.489. The van der Waals surface area contributed by atoms with Gasteiger partial charge in [0.15, 0.2) is 6.61 Å². The third-order valence-electron chi connectivity index (χ3n) is 5.34. The summed E-state index contributed by atoms with van der Waals surface area (Å²) in [6.07, 6.45) is 2.87. The van der Waals surface area contributed by atoms with Gasteiger partial charge in [0.25, 0.3) is 5.91 Å². The van der Waals surface area contributed by atoms with E-state index in [-0.39, 0.29) is 23.3 Å². The largest absolute Gasteiger partial charge is 0.484 e. The summed E-state index contributed by atoms with van der Waals surface area (Å²) in [5, 5.41) is 2.94. The zero-order valence-electron chi connectivity index (χ0n) is 17.8. The molecule has 2 aromatic rings. The molecule has 0 unspecified atom stereocenters. The van der Waals surface area contributed by atoms with Crippen molar-refractivity contribution < 1.29 is 17.9 Å². The number of amides is 1. The highest BCUT2D eigenvalue weighted by Crippen LogP contribution is 2.27. The van der Waals surface area contributed by atoms with Gasteiger partial charge in [0.2, 0.25) is 10.0 Å². The van der Waals surface area contributed by atoms with Crippen molar-refractivity contribution in [3.05, 3.63) is 53.6 Å². The van der Waals surface area contributed by atoms with Crippen LogP contribution in [0.4, 0.5) is 5.69 Å².